The van der Waals surface area contributed by atoms with E-state index in [1.54, 1.807) is 0 Å². The van der Waals surface area contributed by atoms with E-state index < -0.39 is 6.36 Å². The highest BCUT2D eigenvalue weighted by atomic mass is 35.5. The number of benzene rings is 2. The highest BCUT2D eigenvalue weighted by Crippen LogP contribution is 2.39. The summed E-state index contributed by atoms with van der Waals surface area (Å²) in [6.45, 7) is 3.96. The average molecular weight is 292 g/mol. The second kappa shape index (κ2) is 6.38. The van der Waals surface area contributed by atoms with Crippen molar-refractivity contribution < 1.29 is 9.13 Å². The van der Waals surface area contributed by atoms with Crippen LogP contribution in [0.5, 0.6) is 0 Å². The Hall–Kier alpha value is -1.38. The van der Waals surface area contributed by atoms with Crippen LogP contribution in [-0.4, -0.2) is 7.11 Å². The number of hydrogen-bond acceptors (Lipinski definition) is 1. The molecule has 2 aromatic carbocycles. The molecule has 2 aromatic rings. The van der Waals surface area contributed by atoms with Gasteiger partial charge in [0, 0.05) is 18.2 Å². The zero-order valence-electron chi connectivity index (χ0n) is 11.8. The summed E-state index contributed by atoms with van der Waals surface area (Å²) in [5.74, 6) is 0. The molecule has 0 saturated heterocycles. The fraction of sp³-hybridized carbons (Fsp3) is 0.235. The summed E-state index contributed by atoms with van der Waals surface area (Å²) in [6.07, 6.45) is 0.0610. The van der Waals surface area contributed by atoms with Crippen LogP contribution in [0.25, 0.3) is 11.1 Å². The normalized spacial score (nSPS) is 11.1. The number of rotatable bonds is 4. The van der Waals surface area contributed by atoms with Crippen LogP contribution >= 0.6 is 11.6 Å². The standard InChI is InChI=1S/C17H17ClFO/c1-4-12-10-11(2)14(13-8-6-5-7-9-13)16(18)15(12)17(19)20-3/h5-10H,4H2,1-3H3. The lowest BCUT2D eigenvalue weighted by atomic mass is 9.93. The van der Waals surface area contributed by atoms with Crippen molar-refractivity contribution in [2.75, 3.05) is 7.11 Å². The molecule has 0 aliphatic carbocycles. The number of aryl methyl sites for hydroxylation is 2. The zero-order chi connectivity index (χ0) is 14.7. The van der Waals surface area contributed by atoms with Crippen LogP contribution in [0.4, 0.5) is 4.39 Å². The first-order valence-electron chi connectivity index (χ1n) is 6.54. The van der Waals surface area contributed by atoms with E-state index in [2.05, 4.69) is 0 Å². The number of hydrogen-bond donors (Lipinski definition) is 0. The van der Waals surface area contributed by atoms with E-state index in [0.29, 0.717) is 17.0 Å². The summed E-state index contributed by atoms with van der Waals surface area (Å²) in [6, 6.07) is 11.7. The Labute approximate surface area is 124 Å². The number of halogens is 2. The minimum Gasteiger partial charge on any atom is -0.341 e. The molecule has 0 heterocycles. The molecule has 0 N–H and O–H groups in total. The largest absolute Gasteiger partial charge is 0.341 e. The first-order chi connectivity index (χ1) is 9.60. The molecule has 0 aliphatic rings. The fourth-order valence-corrected chi connectivity index (χ4v) is 2.85. The van der Waals surface area contributed by atoms with Crippen LogP contribution in [0.2, 0.25) is 5.02 Å². The minimum atomic E-state index is -0.635. The van der Waals surface area contributed by atoms with Crippen LogP contribution in [-0.2, 0) is 11.2 Å². The molecule has 0 atom stereocenters. The third-order valence-electron chi connectivity index (χ3n) is 3.36. The Balaban J connectivity index is 2.71. The van der Waals surface area contributed by atoms with E-state index >= 15 is 0 Å². The van der Waals surface area contributed by atoms with E-state index in [-0.39, 0.29) is 0 Å². The third kappa shape index (κ3) is 2.72. The topological polar surface area (TPSA) is 9.23 Å². The molecule has 0 saturated carbocycles. The average Bonchev–Trinajstić information content (AvgIpc) is 2.47. The van der Waals surface area contributed by atoms with Gasteiger partial charge in [-0.2, -0.15) is 4.39 Å². The molecule has 0 bridgehead atoms. The van der Waals surface area contributed by atoms with Crippen molar-refractivity contribution in [2.24, 2.45) is 0 Å². The lowest BCUT2D eigenvalue weighted by Crippen LogP contribution is -2.04. The van der Waals surface area contributed by atoms with Gasteiger partial charge in [0.2, 0.25) is 0 Å². The van der Waals surface area contributed by atoms with Gasteiger partial charge < -0.3 is 4.74 Å². The molecule has 20 heavy (non-hydrogen) atoms. The van der Waals surface area contributed by atoms with Gasteiger partial charge in [-0.05, 0) is 30.0 Å². The van der Waals surface area contributed by atoms with Gasteiger partial charge in [-0.1, -0.05) is 54.9 Å². The van der Waals surface area contributed by atoms with Gasteiger partial charge in [0.05, 0.1) is 5.02 Å². The van der Waals surface area contributed by atoms with E-state index in [4.69, 9.17) is 16.3 Å². The molecule has 0 fully saturated rings. The molecular weight excluding hydrogens is 275 g/mol. The molecule has 1 radical (unpaired) electrons. The second-order valence-electron chi connectivity index (χ2n) is 4.61. The van der Waals surface area contributed by atoms with Gasteiger partial charge in [0.1, 0.15) is 0 Å². The van der Waals surface area contributed by atoms with E-state index in [0.717, 1.165) is 22.3 Å². The Kier molecular flexibility index (Phi) is 4.79. The predicted molar refractivity (Wildman–Crippen MR) is 81.5 cm³/mol. The summed E-state index contributed by atoms with van der Waals surface area (Å²) in [5.41, 5.74) is 4.08. The molecule has 3 heteroatoms. The summed E-state index contributed by atoms with van der Waals surface area (Å²) in [7, 11) is 1.31. The van der Waals surface area contributed by atoms with Crippen molar-refractivity contribution in [1.82, 2.24) is 0 Å². The van der Waals surface area contributed by atoms with Crippen LogP contribution in [0, 0.1) is 13.3 Å². The van der Waals surface area contributed by atoms with Crippen molar-refractivity contribution in [3.8, 4) is 11.1 Å². The molecule has 1 nitrogen and oxygen atoms in total. The maximum absolute atomic E-state index is 14.0. The molecule has 0 aliphatic heterocycles. The molecule has 105 valence electrons. The van der Waals surface area contributed by atoms with E-state index in [1.807, 2.05) is 50.2 Å². The van der Waals surface area contributed by atoms with Crippen LogP contribution in [0.3, 0.4) is 0 Å². The molecule has 0 spiro atoms. The fourth-order valence-electron chi connectivity index (χ4n) is 2.40. The van der Waals surface area contributed by atoms with Gasteiger partial charge in [0.25, 0.3) is 0 Å². The first-order valence-corrected chi connectivity index (χ1v) is 6.92. The third-order valence-corrected chi connectivity index (χ3v) is 3.74. The Morgan fingerprint density at radius 2 is 1.90 bits per heavy atom. The molecular formula is C17H17ClFO. The Morgan fingerprint density at radius 3 is 2.45 bits per heavy atom. The Bertz CT molecular complexity index is 596. The minimum absolute atomic E-state index is 0.362. The van der Waals surface area contributed by atoms with Crippen LogP contribution < -0.4 is 0 Å². The smallest absolute Gasteiger partial charge is 0.301 e. The highest BCUT2D eigenvalue weighted by Gasteiger charge is 2.23. The zero-order valence-corrected chi connectivity index (χ0v) is 12.6. The quantitative estimate of drug-likeness (QED) is 0.739. The molecule has 0 unspecified atom stereocenters. The summed E-state index contributed by atoms with van der Waals surface area (Å²) in [4.78, 5) is 0. The van der Waals surface area contributed by atoms with Gasteiger partial charge in [-0.15, -0.1) is 0 Å². The monoisotopic (exact) mass is 291 g/mol. The van der Waals surface area contributed by atoms with Crippen molar-refractivity contribution in [3.63, 3.8) is 0 Å². The summed E-state index contributed by atoms with van der Waals surface area (Å²) < 4.78 is 18.8. The van der Waals surface area contributed by atoms with Crippen molar-refractivity contribution in [2.45, 2.75) is 20.3 Å². The van der Waals surface area contributed by atoms with Crippen LogP contribution in [0.15, 0.2) is 36.4 Å². The number of methoxy groups -OCH3 is 1. The first kappa shape index (κ1) is 15.0. The summed E-state index contributed by atoms with van der Waals surface area (Å²) >= 11 is 6.47. The van der Waals surface area contributed by atoms with Crippen molar-refractivity contribution in [3.05, 3.63) is 64.5 Å². The van der Waals surface area contributed by atoms with Crippen LogP contribution in [0.1, 0.15) is 23.6 Å². The van der Waals surface area contributed by atoms with E-state index in [9.17, 15) is 4.39 Å². The van der Waals surface area contributed by atoms with Crippen molar-refractivity contribution in [1.29, 1.82) is 0 Å². The van der Waals surface area contributed by atoms with Crippen molar-refractivity contribution >= 4 is 11.6 Å². The maximum atomic E-state index is 14.0. The Morgan fingerprint density at radius 1 is 1.25 bits per heavy atom. The molecule has 0 aromatic heterocycles. The van der Waals surface area contributed by atoms with Gasteiger partial charge in [-0.3, -0.25) is 0 Å². The molecule has 2 rings (SSSR count). The maximum Gasteiger partial charge on any atom is 0.301 e. The highest BCUT2D eigenvalue weighted by molar-refractivity contribution is 6.34. The lowest BCUT2D eigenvalue weighted by molar-refractivity contribution is 0.131. The van der Waals surface area contributed by atoms with Gasteiger partial charge in [0.15, 0.2) is 0 Å². The molecule has 0 amide bonds. The van der Waals surface area contributed by atoms with Gasteiger partial charge in [-0.25, -0.2) is 0 Å². The SMILES string of the molecule is CCc1cc(C)c(-c2ccccc2)c(Cl)c1[C](F)OC. The van der Waals surface area contributed by atoms with Gasteiger partial charge >= 0.3 is 6.36 Å². The van der Waals surface area contributed by atoms with E-state index in [1.165, 1.54) is 7.11 Å². The predicted octanol–water partition coefficient (Wildman–Crippen LogP) is 5.33. The summed E-state index contributed by atoms with van der Waals surface area (Å²) in [5, 5.41) is 0.410. The lowest BCUT2D eigenvalue weighted by Gasteiger charge is -2.18. The number of ether oxygens (including phenoxy) is 1. The second-order valence-corrected chi connectivity index (χ2v) is 4.99.